The molecule has 4 heteroatoms. The van der Waals surface area contributed by atoms with Gasteiger partial charge in [0.25, 0.3) is 0 Å². The molecule has 0 aromatic heterocycles. The lowest BCUT2D eigenvalue weighted by atomic mass is 10.1. The zero-order valence-electron chi connectivity index (χ0n) is 13.4. The maximum atomic E-state index is 11.9. The highest BCUT2D eigenvalue weighted by molar-refractivity contribution is 5.75. The number of ether oxygens (including phenoxy) is 1. The van der Waals surface area contributed by atoms with E-state index in [1.807, 2.05) is 39.1 Å². The van der Waals surface area contributed by atoms with Crippen LogP contribution in [-0.2, 0) is 4.79 Å². The van der Waals surface area contributed by atoms with Gasteiger partial charge in [-0.1, -0.05) is 12.1 Å². The second kappa shape index (κ2) is 9.40. The highest BCUT2D eigenvalue weighted by Gasteiger charge is 2.09. The number of benzene rings is 1. The van der Waals surface area contributed by atoms with Crippen LogP contribution in [0.1, 0.15) is 36.8 Å². The highest BCUT2D eigenvalue weighted by atomic mass is 16.5. The molecule has 21 heavy (non-hydrogen) atoms. The number of nitrogens with zero attached hydrogens (tertiary/aromatic N) is 1. The van der Waals surface area contributed by atoms with E-state index in [9.17, 15) is 4.79 Å². The fraction of sp³-hybridized carbons (Fsp3) is 0.588. The number of carbonyl (C=O) groups is 1. The predicted molar refractivity (Wildman–Crippen MR) is 84.6 cm³/mol. The molecule has 0 radical (unpaired) electrons. The fourth-order valence-corrected chi connectivity index (χ4v) is 2.06. The van der Waals surface area contributed by atoms with Crippen LogP contribution in [0.2, 0.25) is 0 Å². The van der Waals surface area contributed by atoms with Crippen molar-refractivity contribution in [2.75, 3.05) is 26.8 Å². The van der Waals surface area contributed by atoms with Gasteiger partial charge in [-0.2, -0.15) is 0 Å². The summed E-state index contributed by atoms with van der Waals surface area (Å²) in [4.78, 5) is 13.7. The van der Waals surface area contributed by atoms with Crippen LogP contribution in [0.5, 0.6) is 5.75 Å². The lowest BCUT2D eigenvalue weighted by Crippen LogP contribution is -2.29. The molecule has 0 aliphatic heterocycles. The molecule has 0 saturated heterocycles. The molecule has 0 aliphatic rings. The van der Waals surface area contributed by atoms with Crippen molar-refractivity contribution in [3.8, 4) is 5.75 Å². The summed E-state index contributed by atoms with van der Waals surface area (Å²) in [7, 11) is 1.82. The van der Waals surface area contributed by atoms with Gasteiger partial charge >= 0.3 is 0 Å². The summed E-state index contributed by atoms with van der Waals surface area (Å²) >= 11 is 0. The molecule has 1 amide bonds. The average molecular weight is 293 g/mol. The van der Waals surface area contributed by atoms with Crippen LogP contribution in [0.15, 0.2) is 18.2 Å². The zero-order valence-corrected chi connectivity index (χ0v) is 13.4. The van der Waals surface area contributed by atoms with Gasteiger partial charge in [0.15, 0.2) is 0 Å². The molecule has 0 heterocycles. The Kier molecular flexibility index (Phi) is 7.83. The molecule has 1 N–H and O–H groups in total. The molecule has 1 aromatic rings. The van der Waals surface area contributed by atoms with E-state index in [-0.39, 0.29) is 12.5 Å². The number of carbonyl (C=O) groups excluding carboxylic acids is 1. The summed E-state index contributed by atoms with van der Waals surface area (Å²) in [6.07, 6.45) is 3.08. The van der Waals surface area contributed by atoms with E-state index in [1.54, 1.807) is 4.90 Å². The molecule has 0 fully saturated rings. The third-order valence-corrected chi connectivity index (χ3v) is 3.49. The van der Waals surface area contributed by atoms with Crippen LogP contribution in [0.3, 0.4) is 0 Å². The molecular formula is C17H27NO3. The second-order valence-corrected chi connectivity index (χ2v) is 5.47. The van der Waals surface area contributed by atoms with Gasteiger partial charge in [-0.25, -0.2) is 0 Å². The summed E-state index contributed by atoms with van der Waals surface area (Å²) in [6.45, 7) is 5.40. The van der Waals surface area contributed by atoms with Crippen LogP contribution in [0.4, 0.5) is 0 Å². The van der Waals surface area contributed by atoms with Crippen LogP contribution < -0.4 is 4.74 Å². The van der Waals surface area contributed by atoms with Crippen molar-refractivity contribution in [1.29, 1.82) is 0 Å². The summed E-state index contributed by atoms with van der Waals surface area (Å²) in [5.74, 6) is 0.956. The molecule has 118 valence electrons. The van der Waals surface area contributed by atoms with Crippen molar-refractivity contribution in [3.05, 3.63) is 29.3 Å². The van der Waals surface area contributed by atoms with Gasteiger partial charge in [0.05, 0.1) is 13.0 Å². The Bertz CT molecular complexity index is 446. The molecule has 1 aromatic carbocycles. The first-order valence-electron chi connectivity index (χ1n) is 7.59. The number of rotatable bonds is 9. The van der Waals surface area contributed by atoms with E-state index < -0.39 is 0 Å². The van der Waals surface area contributed by atoms with Gasteiger partial charge in [-0.3, -0.25) is 4.79 Å². The molecule has 4 nitrogen and oxygen atoms in total. The maximum absolute atomic E-state index is 11.9. The van der Waals surface area contributed by atoms with Crippen LogP contribution in [0.25, 0.3) is 0 Å². The molecule has 0 bridgehead atoms. The Morgan fingerprint density at radius 3 is 2.71 bits per heavy atom. The monoisotopic (exact) mass is 293 g/mol. The Morgan fingerprint density at radius 2 is 2.00 bits per heavy atom. The van der Waals surface area contributed by atoms with Gasteiger partial charge in [-0.05, 0) is 50.3 Å². The fourth-order valence-electron chi connectivity index (χ4n) is 2.06. The topological polar surface area (TPSA) is 49.8 Å². The number of aliphatic hydroxyl groups excluding tert-OH is 1. The smallest absolute Gasteiger partial charge is 0.225 e. The summed E-state index contributed by atoms with van der Waals surface area (Å²) in [6, 6.07) is 6.08. The average Bonchev–Trinajstić information content (AvgIpc) is 2.46. The molecule has 0 spiro atoms. The number of aryl methyl sites for hydroxylation is 2. The Balaban J connectivity index is 2.27. The first-order valence-corrected chi connectivity index (χ1v) is 7.59. The molecule has 0 aliphatic carbocycles. The number of amides is 1. The van der Waals surface area contributed by atoms with Crippen molar-refractivity contribution in [2.45, 2.75) is 39.5 Å². The van der Waals surface area contributed by atoms with Crippen LogP contribution in [0, 0.1) is 13.8 Å². The van der Waals surface area contributed by atoms with Gasteiger partial charge in [0, 0.05) is 20.2 Å². The standard InChI is InChI=1S/C17H27NO3/c1-14-7-8-15(2)16(13-14)21-12-9-17(20)18(3)10-5-4-6-11-19/h7-8,13,19H,4-6,9-12H2,1-3H3. The summed E-state index contributed by atoms with van der Waals surface area (Å²) in [5.41, 5.74) is 2.24. The minimum Gasteiger partial charge on any atom is -0.493 e. The van der Waals surface area contributed by atoms with Crippen molar-refractivity contribution in [3.63, 3.8) is 0 Å². The zero-order chi connectivity index (χ0) is 15.7. The van der Waals surface area contributed by atoms with E-state index in [0.29, 0.717) is 13.0 Å². The van der Waals surface area contributed by atoms with Crippen molar-refractivity contribution in [1.82, 2.24) is 4.90 Å². The Morgan fingerprint density at radius 1 is 1.24 bits per heavy atom. The molecular weight excluding hydrogens is 266 g/mol. The SMILES string of the molecule is Cc1ccc(C)c(OCCC(=O)N(C)CCCCCO)c1. The van der Waals surface area contributed by atoms with Gasteiger partial charge in [-0.15, -0.1) is 0 Å². The van der Waals surface area contributed by atoms with Gasteiger partial charge in [0.1, 0.15) is 5.75 Å². The number of hydrogen-bond acceptors (Lipinski definition) is 3. The largest absolute Gasteiger partial charge is 0.493 e. The van der Waals surface area contributed by atoms with Crippen LogP contribution >= 0.6 is 0 Å². The van der Waals surface area contributed by atoms with Crippen molar-refractivity contribution >= 4 is 5.91 Å². The Labute approximate surface area is 127 Å². The first kappa shape index (κ1) is 17.5. The number of aliphatic hydroxyl groups is 1. The second-order valence-electron chi connectivity index (χ2n) is 5.47. The van der Waals surface area contributed by atoms with Gasteiger partial charge in [0.2, 0.25) is 5.91 Å². The quantitative estimate of drug-likeness (QED) is 0.712. The van der Waals surface area contributed by atoms with E-state index in [1.165, 1.54) is 0 Å². The van der Waals surface area contributed by atoms with E-state index in [0.717, 1.165) is 42.7 Å². The molecule has 0 saturated carbocycles. The summed E-state index contributed by atoms with van der Waals surface area (Å²) < 4.78 is 5.70. The predicted octanol–water partition coefficient (Wildman–Crippen LogP) is 2.69. The van der Waals surface area contributed by atoms with E-state index >= 15 is 0 Å². The molecule has 0 atom stereocenters. The van der Waals surface area contributed by atoms with Gasteiger partial charge < -0.3 is 14.7 Å². The minimum atomic E-state index is 0.101. The minimum absolute atomic E-state index is 0.101. The maximum Gasteiger partial charge on any atom is 0.225 e. The Hall–Kier alpha value is -1.55. The number of unbranched alkanes of at least 4 members (excludes halogenated alkanes) is 2. The third kappa shape index (κ3) is 6.63. The lowest BCUT2D eigenvalue weighted by molar-refractivity contribution is -0.130. The highest BCUT2D eigenvalue weighted by Crippen LogP contribution is 2.19. The number of hydrogen-bond donors (Lipinski definition) is 1. The van der Waals surface area contributed by atoms with E-state index in [4.69, 9.17) is 9.84 Å². The van der Waals surface area contributed by atoms with E-state index in [2.05, 4.69) is 0 Å². The normalized spacial score (nSPS) is 10.5. The first-order chi connectivity index (χ1) is 10.0. The molecule has 0 unspecified atom stereocenters. The van der Waals surface area contributed by atoms with Crippen LogP contribution in [-0.4, -0.2) is 42.7 Å². The van der Waals surface area contributed by atoms with Crippen molar-refractivity contribution in [2.24, 2.45) is 0 Å². The molecule has 1 rings (SSSR count). The summed E-state index contributed by atoms with van der Waals surface area (Å²) in [5, 5.41) is 8.71. The lowest BCUT2D eigenvalue weighted by Gasteiger charge is -2.17. The third-order valence-electron chi connectivity index (χ3n) is 3.49. The van der Waals surface area contributed by atoms with Crippen molar-refractivity contribution < 1.29 is 14.6 Å².